The standard InChI is InChI=1S/C58H39N3/c1-38-14-12-25-55(59-38)45-20-13-19-43(32-45)39-26-28-40(29-27-39)46-33-47(44-30-31-53-51-23-9-8-21-49(51)50-22-10-11-24-52(50)54(53)36-44)35-48(34-46)58-60-56(41-15-4-2-5-16-41)37-57(61-58)42-17-6-3-7-18-42/h2-37H,1H3. The van der Waals surface area contributed by atoms with E-state index in [2.05, 4.69) is 200 Å². The number of aryl methyl sites for hydroxylation is 1. The number of benzene rings is 9. The zero-order valence-corrected chi connectivity index (χ0v) is 33.6. The molecule has 0 radical (unpaired) electrons. The first-order valence-corrected chi connectivity index (χ1v) is 20.8. The van der Waals surface area contributed by atoms with E-state index >= 15 is 0 Å². The first-order chi connectivity index (χ1) is 30.1. The predicted molar refractivity (Wildman–Crippen MR) is 255 cm³/mol. The van der Waals surface area contributed by atoms with E-state index in [1.807, 2.05) is 25.1 Å². The third-order valence-corrected chi connectivity index (χ3v) is 11.7. The van der Waals surface area contributed by atoms with Crippen molar-refractivity contribution in [3.8, 4) is 78.5 Å². The van der Waals surface area contributed by atoms with Crippen molar-refractivity contribution in [2.45, 2.75) is 6.92 Å². The number of fused-ring (bicyclic) bond motifs is 6. The lowest BCUT2D eigenvalue weighted by molar-refractivity contribution is 1.18. The SMILES string of the molecule is Cc1cccc(-c2cccc(-c3ccc(-c4cc(-c5ccc6c7ccccc7c7ccccc7c6c5)cc(-c5nc(-c6ccccc6)cc(-c6ccccc6)n5)c4)cc3)c2)n1. The van der Waals surface area contributed by atoms with Gasteiger partial charge in [0.2, 0.25) is 0 Å². The average Bonchev–Trinajstić information content (AvgIpc) is 3.34. The molecule has 2 aromatic heterocycles. The summed E-state index contributed by atoms with van der Waals surface area (Å²) in [6.45, 7) is 2.03. The first kappa shape index (κ1) is 36.1. The summed E-state index contributed by atoms with van der Waals surface area (Å²) in [6.07, 6.45) is 0. The maximum absolute atomic E-state index is 5.27. The highest BCUT2D eigenvalue weighted by Gasteiger charge is 2.16. The van der Waals surface area contributed by atoms with Gasteiger partial charge in [0.1, 0.15) is 0 Å². The topological polar surface area (TPSA) is 38.7 Å². The molecule has 0 unspecified atom stereocenters. The Morgan fingerprint density at radius 1 is 0.230 bits per heavy atom. The summed E-state index contributed by atoms with van der Waals surface area (Å²) in [7, 11) is 0. The second-order valence-electron chi connectivity index (χ2n) is 15.7. The molecule has 0 atom stereocenters. The Bertz CT molecular complexity index is 3320. The molecule has 0 saturated carbocycles. The molecule has 11 aromatic rings. The molecule has 3 nitrogen and oxygen atoms in total. The Balaban J connectivity index is 1.09. The summed E-state index contributed by atoms with van der Waals surface area (Å²) in [5, 5.41) is 7.53. The van der Waals surface area contributed by atoms with E-state index in [-0.39, 0.29) is 0 Å². The van der Waals surface area contributed by atoms with Crippen molar-refractivity contribution in [2.24, 2.45) is 0 Å². The van der Waals surface area contributed by atoms with Gasteiger partial charge < -0.3 is 0 Å². The fraction of sp³-hybridized carbons (Fsp3) is 0.0172. The molecule has 61 heavy (non-hydrogen) atoms. The van der Waals surface area contributed by atoms with Gasteiger partial charge in [-0.2, -0.15) is 0 Å². The van der Waals surface area contributed by atoms with Crippen LogP contribution in [-0.4, -0.2) is 15.0 Å². The van der Waals surface area contributed by atoms with E-state index in [1.165, 1.54) is 32.3 Å². The average molecular weight is 778 g/mol. The molecular weight excluding hydrogens is 739 g/mol. The predicted octanol–water partition coefficient (Wildman–Crippen LogP) is 15.3. The summed E-state index contributed by atoms with van der Waals surface area (Å²) in [5.41, 5.74) is 14.6. The smallest absolute Gasteiger partial charge is 0.160 e. The summed E-state index contributed by atoms with van der Waals surface area (Å²) >= 11 is 0. The quantitative estimate of drug-likeness (QED) is 0.151. The van der Waals surface area contributed by atoms with Crippen LogP contribution in [-0.2, 0) is 0 Å². The van der Waals surface area contributed by atoms with Gasteiger partial charge in [0.15, 0.2) is 5.82 Å². The van der Waals surface area contributed by atoms with Gasteiger partial charge in [-0.1, -0.05) is 170 Å². The van der Waals surface area contributed by atoms with Crippen LogP contribution < -0.4 is 0 Å². The van der Waals surface area contributed by atoms with Crippen LogP contribution in [0.4, 0.5) is 0 Å². The lowest BCUT2D eigenvalue weighted by Crippen LogP contribution is -1.97. The second kappa shape index (κ2) is 15.3. The van der Waals surface area contributed by atoms with Crippen LogP contribution in [0.3, 0.4) is 0 Å². The number of hydrogen-bond acceptors (Lipinski definition) is 3. The highest BCUT2D eigenvalue weighted by molar-refractivity contribution is 6.25. The maximum atomic E-state index is 5.27. The van der Waals surface area contributed by atoms with Gasteiger partial charge in [-0.15, -0.1) is 0 Å². The number of pyridine rings is 1. The minimum absolute atomic E-state index is 0.679. The minimum Gasteiger partial charge on any atom is -0.253 e. The van der Waals surface area contributed by atoms with Crippen LogP contribution in [0.1, 0.15) is 5.69 Å². The van der Waals surface area contributed by atoms with E-state index in [1.54, 1.807) is 0 Å². The highest BCUT2D eigenvalue weighted by Crippen LogP contribution is 2.40. The molecule has 0 fully saturated rings. The van der Waals surface area contributed by atoms with Crippen molar-refractivity contribution in [1.82, 2.24) is 15.0 Å². The van der Waals surface area contributed by atoms with Crippen molar-refractivity contribution in [3.05, 3.63) is 224 Å². The molecule has 9 aromatic carbocycles. The second-order valence-corrected chi connectivity index (χ2v) is 15.7. The van der Waals surface area contributed by atoms with E-state index in [4.69, 9.17) is 15.0 Å². The molecule has 0 saturated heterocycles. The van der Waals surface area contributed by atoms with Gasteiger partial charge >= 0.3 is 0 Å². The van der Waals surface area contributed by atoms with Crippen LogP contribution in [0, 0.1) is 6.92 Å². The van der Waals surface area contributed by atoms with E-state index in [0.29, 0.717) is 5.82 Å². The highest BCUT2D eigenvalue weighted by atomic mass is 14.9. The van der Waals surface area contributed by atoms with Crippen LogP contribution in [0.2, 0.25) is 0 Å². The third kappa shape index (κ3) is 6.92. The molecule has 11 rings (SSSR count). The minimum atomic E-state index is 0.679. The fourth-order valence-electron chi connectivity index (χ4n) is 8.68. The van der Waals surface area contributed by atoms with Crippen molar-refractivity contribution in [2.75, 3.05) is 0 Å². The summed E-state index contributed by atoms with van der Waals surface area (Å²) < 4.78 is 0. The van der Waals surface area contributed by atoms with Gasteiger partial charge in [0.05, 0.1) is 17.1 Å². The molecule has 0 aliphatic carbocycles. The fourth-order valence-corrected chi connectivity index (χ4v) is 8.68. The van der Waals surface area contributed by atoms with Gasteiger partial charge in [-0.25, -0.2) is 9.97 Å². The third-order valence-electron chi connectivity index (χ3n) is 11.7. The van der Waals surface area contributed by atoms with Crippen LogP contribution in [0.15, 0.2) is 218 Å². The Morgan fingerprint density at radius 2 is 0.656 bits per heavy atom. The normalized spacial score (nSPS) is 11.4. The van der Waals surface area contributed by atoms with Crippen molar-refractivity contribution in [1.29, 1.82) is 0 Å². The molecule has 0 N–H and O–H groups in total. The Hall–Kier alpha value is -8.01. The zero-order chi connectivity index (χ0) is 40.7. The maximum Gasteiger partial charge on any atom is 0.160 e. The van der Waals surface area contributed by atoms with Crippen LogP contribution in [0.25, 0.3) is 111 Å². The van der Waals surface area contributed by atoms with Crippen molar-refractivity contribution >= 4 is 32.3 Å². The summed E-state index contributed by atoms with van der Waals surface area (Å²) in [6, 6.07) is 77.8. The molecule has 2 heterocycles. The first-order valence-electron chi connectivity index (χ1n) is 20.8. The van der Waals surface area contributed by atoms with E-state index in [0.717, 1.165) is 78.4 Å². The summed E-state index contributed by atoms with van der Waals surface area (Å²) in [5.74, 6) is 0.679. The van der Waals surface area contributed by atoms with E-state index in [9.17, 15) is 0 Å². The molecule has 3 heteroatoms. The van der Waals surface area contributed by atoms with Gasteiger partial charge in [-0.3, -0.25) is 4.98 Å². The van der Waals surface area contributed by atoms with Gasteiger partial charge in [0, 0.05) is 27.9 Å². The number of aromatic nitrogens is 3. The Kier molecular flexibility index (Phi) is 9.05. The molecule has 0 amide bonds. The van der Waals surface area contributed by atoms with Crippen LogP contribution in [0.5, 0.6) is 0 Å². The number of hydrogen-bond donors (Lipinski definition) is 0. The molecule has 286 valence electrons. The Morgan fingerprint density at radius 3 is 1.26 bits per heavy atom. The largest absolute Gasteiger partial charge is 0.253 e. The van der Waals surface area contributed by atoms with Gasteiger partial charge in [-0.05, 0) is 121 Å². The number of nitrogens with zero attached hydrogens (tertiary/aromatic N) is 3. The lowest BCUT2D eigenvalue weighted by atomic mass is 9.90. The molecular formula is C58H39N3. The van der Waals surface area contributed by atoms with Crippen LogP contribution >= 0.6 is 0 Å². The lowest BCUT2D eigenvalue weighted by Gasteiger charge is -2.15. The van der Waals surface area contributed by atoms with Gasteiger partial charge in [0.25, 0.3) is 0 Å². The monoisotopic (exact) mass is 777 g/mol. The summed E-state index contributed by atoms with van der Waals surface area (Å²) in [4.78, 5) is 15.3. The molecule has 0 spiro atoms. The van der Waals surface area contributed by atoms with E-state index < -0.39 is 0 Å². The molecule has 0 bridgehead atoms. The zero-order valence-electron chi connectivity index (χ0n) is 33.6. The molecule has 0 aliphatic heterocycles. The molecule has 0 aliphatic rings. The van der Waals surface area contributed by atoms with Crippen molar-refractivity contribution < 1.29 is 0 Å². The number of rotatable bonds is 7. The Labute approximate surface area is 355 Å². The van der Waals surface area contributed by atoms with Crippen molar-refractivity contribution in [3.63, 3.8) is 0 Å².